The highest BCUT2D eigenvalue weighted by atomic mass is 16.5. The zero-order valence-corrected chi connectivity index (χ0v) is 11.2. The lowest BCUT2D eigenvalue weighted by molar-refractivity contribution is -0.170. The van der Waals surface area contributed by atoms with Crippen molar-refractivity contribution in [3.63, 3.8) is 0 Å². The van der Waals surface area contributed by atoms with Crippen molar-refractivity contribution in [2.45, 2.75) is 25.7 Å². The predicted octanol–water partition coefficient (Wildman–Crippen LogP) is 2.54. The van der Waals surface area contributed by atoms with E-state index in [-0.39, 0.29) is 11.9 Å². The molecule has 1 aromatic rings. The molecule has 1 heterocycles. The number of likely N-dealkylation sites (tertiary alicyclic amines) is 1. The molecule has 1 saturated heterocycles. The summed E-state index contributed by atoms with van der Waals surface area (Å²) in [5.41, 5.74) is 2.01. The maximum absolute atomic E-state index is 12.0. The fourth-order valence-electron chi connectivity index (χ4n) is 2.31. The Bertz CT molecular complexity index is 481. The summed E-state index contributed by atoms with van der Waals surface area (Å²) in [7, 11) is 0. The second kappa shape index (κ2) is 5.85. The first kappa shape index (κ1) is 13.6. The van der Waals surface area contributed by atoms with Crippen LogP contribution in [0.15, 0.2) is 55.1 Å². The van der Waals surface area contributed by atoms with Crippen molar-refractivity contribution in [1.82, 2.24) is 4.90 Å². The van der Waals surface area contributed by atoms with Gasteiger partial charge < -0.3 is 9.64 Å². The molecule has 0 unspecified atom stereocenters. The lowest BCUT2D eigenvalue weighted by Crippen LogP contribution is -2.65. The van der Waals surface area contributed by atoms with E-state index in [1.165, 1.54) is 0 Å². The third kappa shape index (κ3) is 2.76. The third-order valence-electron chi connectivity index (χ3n) is 3.25. The number of ether oxygens (including phenoxy) is 1. The van der Waals surface area contributed by atoms with Crippen LogP contribution in [0.2, 0.25) is 0 Å². The third-order valence-corrected chi connectivity index (χ3v) is 3.25. The van der Waals surface area contributed by atoms with Crippen LogP contribution in [0.3, 0.4) is 0 Å². The van der Waals surface area contributed by atoms with Gasteiger partial charge in [0.25, 0.3) is 5.91 Å². The molecule has 1 aromatic carbocycles. The highest BCUT2D eigenvalue weighted by molar-refractivity contribution is 5.89. The van der Waals surface area contributed by atoms with Crippen LogP contribution in [0.4, 0.5) is 0 Å². The van der Waals surface area contributed by atoms with Gasteiger partial charge in [0.15, 0.2) is 6.10 Å². The molecule has 2 atom stereocenters. The first-order valence-electron chi connectivity index (χ1n) is 6.37. The van der Waals surface area contributed by atoms with Crippen molar-refractivity contribution in [1.29, 1.82) is 0 Å². The van der Waals surface area contributed by atoms with Crippen LogP contribution in [0.1, 0.15) is 12.5 Å². The zero-order chi connectivity index (χ0) is 13.8. The summed E-state index contributed by atoms with van der Waals surface area (Å²) in [5.74, 6) is 0.0174. The van der Waals surface area contributed by atoms with E-state index in [1.54, 1.807) is 11.0 Å². The van der Waals surface area contributed by atoms with Gasteiger partial charge in [0.05, 0.1) is 12.6 Å². The topological polar surface area (TPSA) is 29.5 Å². The molecule has 0 aromatic heterocycles. The van der Waals surface area contributed by atoms with Crippen LogP contribution in [-0.2, 0) is 16.1 Å². The number of benzene rings is 1. The summed E-state index contributed by atoms with van der Waals surface area (Å²) in [6.07, 6.45) is 1.32. The van der Waals surface area contributed by atoms with Crippen LogP contribution in [0.5, 0.6) is 0 Å². The lowest BCUT2D eigenvalue weighted by atomic mass is 9.92. The molecule has 0 radical (unpaired) electrons. The van der Waals surface area contributed by atoms with Gasteiger partial charge in [0, 0.05) is 6.54 Å². The van der Waals surface area contributed by atoms with Gasteiger partial charge in [-0.15, -0.1) is 6.58 Å². The number of carbonyl (C=O) groups is 1. The fraction of sp³-hybridized carbons (Fsp3) is 0.312. The first-order chi connectivity index (χ1) is 9.15. The largest absolute Gasteiger partial charge is 0.361 e. The van der Waals surface area contributed by atoms with Crippen LogP contribution in [-0.4, -0.2) is 29.5 Å². The molecule has 1 fully saturated rings. The standard InChI is InChI=1S/C16H19NO2/c1-4-10-17-14(12(2)3)15(16(17)18)19-11-13-8-6-5-7-9-13/h4-9,14-15H,1-2,10-11H2,3H3/t14-,15+/m1/s1. The summed E-state index contributed by atoms with van der Waals surface area (Å²) in [6.45, 7) is 10.5. The minimum Gasteiger partial charge on any atom is -0.361 e. The van der Waals surface area contributed by atoms with Gasteiger partial charge in [-0.1, -0.05) is 48.6 Å². The number of nitrogens with zero attached hydrogens (tertiary/aromatic N) is 1. The quantitative estimate of drug-likeness (QED) is 0.579. The monoisotopic (exact) mass is 257 g/mol. The minimum atomic E-state index is -0.405. The SMILES string of the molecule is C=CCN1C(=O)[C@@H](OCc2ccccc2)[C@H]1C(=C)C. The van der Waals surface area contributed by atoms with Gasteiger partial charge in [-0.3, -0.25) is 4.79 Å². The van der Waals surface area contributed by atoms with E-state index in [4.69, 9.17) is 4.74 Å². The lowest BCUT2D eigenvalue weighted by Gasteiger charge is -2.46. The Morgan fingerprint density at radius 2 is 2.11 bits per heavy atom. The molecule has 1 aliphatic heterocycles. The number of amides is 1. The average Bonchev–Trinajstić information content (AvgIpc) is 2.41. The zero-order valence-electron chi connectivity index (χ0n) is 11.2. The van der Waals surface area contributed by atoms with Gasteiger partial charge >= 0.3 is 0 Å². The normalized spacial score (nSPS) is 21.9. The van der Waals surface area contributed by atoms with Crippen molar-refractivity contribution >= 4 is 5.91 Å². The number of hydrogen-bond donors (Lipinski definition) is 0. The van der Waals surface area contributed by atoms with Crippen LogP contribution in [0, 0.1) is 0 Å². The summed E-state index contributed by atoms with van der Waals surface area (Å²) in [6, 6.07) is 9.82. The minimum absolute atomic E-state index is 0.0174. The number of rotatable bonds is 6. The second-order valence-corrected chi connectivity index (χ2v) is 4.79. The van der Waals surface area contributed by atoms with E-state index in [9.17, 15) is 4.79 Å². The molecule has 3 nitrogen and oxygen atoms in total. The van der Waals surface area contributed by atoms with Crippen LogP contribution >= 0.6 is 0 Å². The summed E-state index contributed by atoms with van der Waals surface area (Å²) in [4.78, 5) is 13.7. The summed E-state index contributed by atoms with van der Waals surface area (Å²) < 4.78 is 5.74. The van der Waals surface area contributed by atoms with E-state index in [0.717, 1.165) is 11.1 Å². The Morgan fingerprint density at radius 1 is 1.42 bits per heavy atom. The Hall–Kier alpha value is -1.87. The Kier molecular flexibility index (Phi) is 4.17. The molecule has 0 saturated carbocycles. The van der Waals surface area contributed by atoms with Crippen molar-refractivity contribution in [3.8, 4) is 0 Å². The molecule has 0 aliphatic carbocycles. The van der Waals surface area contributed by atoms with E-state index < -0.39 is 6.10 Å². The first-order valence-corrected chi connectivity index (χ1v) is 6.37. The predicted molar refractivity (Wildman–Crippen MR) is 75.5 cm³/mol. The van der Waals surface area contributed by atoms with Crippen molar-refractivity contribution in [3.05, 3.63) is 60.7 Å². The van der Waals surface area contributed by atoms with E-state index in [0.29, 0.717) is 13.2 Å². The molecule has 19 heavy (non-hydrogen) atoms. The Labute approximate surface area is 114 Å². The molecule has 2 rings (SSSR count). The van der Waals surface area contributed by atoms with E-state index >= 15 is 0 Å². The second-order valence-electron chi connectivity index (χ2n) is 4.79. The van der Waals surface area contributed by atoms with Crippen molar-refractivity contribution in [2.24, 2.45) is 0 Å². The van der Waals surface area contributed by atoms with Gasteiger partial charge in [-0.2, -0.15) is 0 Å². The smallest absolute Gasteiger partial charge is 0.255 e. The highest BCUT2D eigenvalue weighted by Crippen LogP contribution is 2.28. The molecule has 1 aliphatic rings. The Morgan fingerprint density at radius 3 is 2.68 bits per heavy atom. The van der Waals surface area contributed by atoms with Crippen LogP contribution in [0.25, 0.3) is 0 Å². The number of β-lactam (4-membered cyclic amide) rings is 1. The van der Waals surface area contributed by atoms with Gasteiger partial charge in [0.2, 0.25) is 0 Å². The van der Waals surface area contributed by atoms with E-state index in [2.05, 4.69) is 13.2 Å². The van der Waals surface area contributed by atoms with Crippen molar-refractivity contribution in [2.75, 3.05) is 6.54 Å². The molecule has 0 bridgehead atoms. The van der Waals surface area contributed by atoms with E-state index in [1.807, 2.05) is 37.3 Å². The molecule has 100 valence electrons. The van der Waals surface area contributed by atoms with Gasteiger partial charge in [0.1, 0.15) is 0 Å². The average molecular weight is 257 g/mol. The van der Waals surface area contributed by atoms with Gasteiger partial charge in [-0.25, -0.2) is 0 Å². The molecule has 0 N–H and O–H groups in total. The molecule has 1 amide bonds. The maximum atomic E-state index is 12.0. The number of hydrogen-bond acceptors (Lipinski definition) is 2. The molecular formula is C16H19NO2. The fourth-order valence-corrected chi connectivity index (χ4v) is 2.31. The highest BCUT2D eigenvalue weighted by Gasteiger charge is 2.47. The maximum Gasteiger partial charge on any atom is 0.255 e. The molecule has 3 heteroatoms. The molecular weight excluding hydrogens is 238 g/mol. The number of carbonyl (C=O) groups excluding carboxylic acids is 1. The summed E-state index contributed by atoms with van der Waals surface area (Å²) >= 11 is 0. The summed E-state index contributed by atoms with van der Waals surface area (Å²) in [5, 5.41) is 0. The van der Waals surface area contributed by atoms with Crippen molar-refractivity contribution < 1.29 is 9.53 Å². The Balaban J connectivity index is 1.98. The van der Waals surface area contributed by atoms with Crippen LogP contribution < -0.4 is 0 Å². The van der Waals surface area contributed by atoms with Gasteiger partial charge in [-0.05, 0) is 12.5 Å². The molecule has 0 spiro atoms.